The number of carbonyl (C=O) groups excluding carboxylic acids is 5. The SMILES string of the molecule is NC(=O)c1ccc(N2CCN(CCCCCOc3ccc4c(c3)CC(=O)N(C3CCC(=O)NC3=O)C4=O)CC2)nc1. The van der Waals surface area contributed by atoms with Crippen molar-refractivity contribution in [2.45, 2.75) is 44.6 Å². The first-order valence-corrected chi connectivity index (χ1v) is 14.0. The summed E-state index contributed by atoms with van der Waals surface area (Å²) in [7, 11) is 0. The summed E-state index contributed by atoms with van der Waals surface area (Å²) in [6, 6.07) is 7.66. The second-order valence-electron chi connectivity index (χ2n) is 10.5. The van der Waals surface area contributed by atoms with Crippen molar-refractivity contribution in [1.29, 1.82) is 0 Å². The summed E-state index contributed by atoms with van der Waals surface area (Å²) in [6.45, 7) is 5.19. The van der Waals surface area contributed by atoms with Crippen LogP contribution in [0.3, 0.4) is 0 Å². The number of piperazine rings is 1. The van der Waals surface area contributed by atoms with Crippen LogP contribution in [0.1, 0.15) is 58.4 Å². The number of primary amides is 1. The highest BCUT2D eigenvalue weighted by atomic mass is 16.5. The van der Waals surface area contributed by atoms with Crippen molar-refractivity contribution in [3.05, 3.63) is 53.2 Å². The minimum absolute atomic E-state index is 0.00197. The number of rotatable bonds is 10. The summed E-state index contributed by atoms with van der Waals surface area (Å²) >= 11 is 0. The van der Waals surface area contributed by atoms with E-state index in [2.05, 4.69) is 20.1 Å². The third kappa shape index (κ3) is 6.54. The van der Waals surface area contributed by atoms with Crippen LogP contribution in [0, 0.1) is 0 Å². The molecular weight excluding hydrogens is 528 g/mol. The summed E-state index contributed by atoms with van der Waals surface area (Å²) in [4.78, 5) is 70.7. The van der Waals surface area contributed by atoms with E-state index in [1.165, 1.54) is 6.20 Å². The fraction of sp³-hybridized carbons (Fsp3) is 0.448. The zero-order valence-electron chi connectivity index (χ0n) is 22.8. The maximum absolute atomic E-state index is 13.0. The average molecular weight is 563 g/mol. The Labute approximate surface area is 237 Å². The molecule has 2 fully saturated rings. The zero-order valence-corrected chi connectivity index (χ0v) is 22.8. The number of piperidine rings is 1. The zero-order chi connectivity index (χ0) is 28.9. The number of fused-ring (bicyclic) bond motifs is 1. The fourth-order valence-corrected chi connectivity index (χ4v) is 5.47. The molecule has 12 heteroatoms. The van der Waals surface area contributed by atoms with E-state index in [1.807, 2.05) is 6.07 Å². The molecule has 12 nitrogen and oxygen atoms in total. The molecule has 216 valence electrons. The van der Waals surface area contributed by atoms with Crippen molar-refractivity contribution >= 4 is 35.4 Å². The topological polar surface area (TPSA) is 155 Å². The van der Waals surface area contributed by atoms with Gasteiger partial charge in [0, 0.05) is 44.4 Å². The minimum atomic E-state index is -0.959. The molecule has 3 aliphatic rings. The number of pyridine rings is 1. The number of nitrogens with one attached hydrogen (secondary N) is 1. The molecule has 4 heterocycles. The molecule has 41 heavy (non-hydrogen) atoms. The maximum atomic E-state index is 13.0. The largest absolute Gasteiger partial charge is 0.494 e. The van der Waals surface area contributed by atoms with Crippen molar-refractivity contribution in [3.8, 4) is 5.75 Å². The molecule has 1 atom stereocenters. The van der Waals surface area contributed by atoms with Crippen molar-refractivity contribution in [1.82, 2.24) is 20.1 Å². The number of hydrogen-bond donors (Lipinski definition) is 2. The van der Waals surface area contributed by atoms with Gasteiger partial charge in [0.1, 0.15) is 17.6 Å². The molecule has 2 aromatic rings. The standard InChI is InChI=1S/C29H34N6O6/c30-27(38)19-4-8-24(31-18-19)34-13-11-33(12-14-34)10-2-1-3-15-41-21-5-6-22-20(16-21)17-26(37)35(29(22)40)23-7-9-25(36)32-28(23)39/h4-6,8,16,18,23H,1-3,7,9-15,17H2,(H2,30,38)(H,32,36,39). The molecule has 5 amide bonds. The van der Waals surface area contributed by atoms with Gasteiger partial charge in [0.2, 0.25) is 23.6 Å². The van der Waals surface area contributed by atoms with Crippen LogP contribution >= 0.6 is 0 Å². The minimum Gasteiger partial charge on any atom is -0.494 e. The lowest BCUT2D eigenvalue weighted by atomic mass is 9.94. The van der Waals surface area contributed by atoms with Gasteiger partial charge in [-0.2, -0.15) is 0 Å². The van der Waals surface area contributed by atoms with Crippen LogP contribution in [0.15, 0.2) is 36.5 Å². The normalized spacial score (nSPS) is 19.7. The lowest BCUT2D eigenvalue weighted by Crippen LogP contribution is -2.57. The second-order valence-corrected chi connectivity index (χ2v) is 10.5. The van der Waals surface area contributed by atoms with Crippen LogP contribution in [0.2, 0.25) is 0 Å². The van der Waals surface area contributed by atoms with Crippen molar-refractivity contribution < 1.29 is 28.7 Å². The number of hydrogen-bond acceptors (Lipinski definition) is 9. The number of unbranched alkanes of at least 4 members (excludes halogenated alkanes) is 2. The van der Waals surface area contributed by atoms with Gasteiger partial charge in [-0.05, 0) is 68.1 Å². The van der Waals surface area contributed by atoms with Gasteiger partial charge in [-0.15, -0.1) is 0 Å². The van der Waals surface area contributed by atoms with Crippen molar-refractivity contribution in [3.63, 3.8) is 0 Å². The summed E-state index contributed by atoms with van der Waals surface area (Å²) in [5.41, 5.74) is 6.65. The Morgan fingerprint density at radius 1 is 1.02 bits per heavy atom. The lowest BCUT2D eigenvalue weighted by molar-refractivity contribution is -0.143. The van der Waals surface area contributed by atoms with E-state index >= 15 is 0 Å². The third-order valence-corrected chi connectivity index (χ3v) is 7.77. The van der Waals surface area contributed by atoms with Gasteiger partial charge in [-0.1, -0.05) is 0 Å². The van der Waals surface area contributed by atoms with E-state index < -0.39 is 35.6 Å². The number of nitrogens with zero attached hydrogens (tertiary/aromatic N) is 4. The number of ether oxygens (including phenoxy) is 1. The average Bonchev–Trinajstić information content (AvgIpc) is 2.96. The molecule has 0 bridgehead atoms. The number of benzene rings is 1. The number of anilines is 1. The van der Waals surface area contributed by atoms with Gasteiger partial charge in [0.25, 0.3) is 5.91 Å². The number of carbonyl (C=O) groups is 5. The van der Waals surface area contributed by atoms with E-state index in [4.69, 9.17) is 10.5 Å². The highest BCUT2D eigenvalue weighted by molar-refractivity contribution is 6.13. The van der Waals surface area contributed by atoms with Crippen molar-refractivity contribution in [2.24, 2.45) is 5.73 Å². The molecule has 2 saturated heterocycles. The molecule has 1 aromatic carbocycles. The van der Waals surface area contributed by atoms with E-state index in [0.29, 0.717) is 29.0 Å². The third-order valence-electron chi connectivity index (χ3n) is 7.77. The van der Waals surface area contributed by atoms with Gasteiger partial charge in [0.15, 0.2) is 0 Å². The van der Waals surface area contributed by atoms with Gasteiger partial charge in [-0.25, -0.2) is 4.98 Å². The number of nitrogens with two attached hydrogens (primary N) is 1. The molecule has 3 aliphatic heterocycles. The molecule has 1 aromatic heterocycles. The summed E-state index contributed by atoms with van der Waals surface area (Å²) < 4.78 is 5.90. The van der Waals surface area contributed by atoms with Crippen LogP contribution in [-0.4, -0.2) is 89.7 Å². The van der Waals surface area contributed by atoms with Gasteiger partial charge >= 0.3 is 0 Å². The predicted octanol–water partition coefficient (Wildman–Crippen LogP) is 0.882. The van der Waals surface area contributed by atoms with E-state index in [-0.39, 0.29) is 19.3 Å². The summed E-state index contributed by atoms with van der Waals surface area (Å²) in [6.07, 6.45) is 4.70. The highest BCUT2D eigenvalue weighted by Crippen LogP contribution is 2.28. The first-order chi connectivity index (χ1) is 19.8. The number of aromatic nitrogens is 1. The molecule has 0 aliphatic carbocycles. The van der Waals surface area contributed by atoms with Crippen LogP contribution in [-0.2, 0) is 20.8 Å². The smallest absolute Gasteiger partial charge is 0.261 e. The first kappa shape index (κ1) is 28.2. The Hall–Kier alpha value is -4.32. The van der Waals surface area contributed by atoms with E-state index in [1.54, 1.807) is 24.3 Å². The molecular formula is C29H34N6O6. The van der Waals surface area contributed by atoms with Gasteiger partial charge in [-0.3, -0.25) is 39.1 Å². The van der Waals surface area contributed by atoms with Crippen LogP contribution in [0.4, 0.5) is 5.82 Å². The molecule has 3 N–H and O–H groups in total. The lowest BCUT2D eigenvalue weighted by Gasteiger charge is -2.35. The number of amides is 5. The van der Waals surface area contributed by atoms with Gasteiger partial charge in [0.05, 0.1) is 18.6 Å². The Bertz CT molecular complexity index is 1340. The summed E-state index contributed by atoms with van der Waals surface area (Å²) in [5, 5.41) is 2.21. The monoisotopic (exact) mass is 562 g/mol. The Morgan fingerprint density at radius 3 is 2.54 bits per heavy atom. The Morgan fingerprint density at radius 2 is 1.83 bits per heavy atom. The molecule has 0 radical (unpaired) electrons. The maximum Gasteiger partial charge on any atom is 0.261 e. The van der Waals surface area contributed by atoms with E-state index in [0.717, 1.165) is 62.7 Å². The molecule has 5 rings (SSSR count). The van der Waals surface area contributed by atoms with Gasteiger partial charge < -0.3 is 15.4 Å². The second kappa shape index (κ2) is 12.5. The quantitative estimate of drug-likeness (QED) is 0.317. The van der Waals surface area contributed by atoms with Crippen LogP contribution in [0.25, 0.3) is 0 Å². The van der Waals surface area contributed by atoms with Crippen molar-refractivity contribution in [2.75, 3.05) is 44.2 Å². The van der Waals surface area contributed by atoms with E-state index in [9.17, 15) is 24.0 Å². The van der Waals surface area contributed by atoms with Crippen LogP contribution in [0.5, 0.6) is 5.75 Å². The fourth-order valence-electron chi connectivity index (χ4n) is 5.47. The number of imide groups is 2. The van der Waals surface area contributed by atoms with Crippen LogP contribution < -0.4 is 20.7 Å². The molecule has 1 unspecified atom stereocenters. The summed E-state index contributed by atoms with van der Waals surface area (Å²) in [5.74, 6) is -0.994. The molecule has 0 saturated carbocycles. The highest BCUT2D eigenvalue weighted by Gasteiger charge is 2.41. The Kier molecular flexibility index (Phi) is 8.58. The Balaban J connectivity index is 1.02. The molecule has 0 spiro atoms. The first-order valence-electron chi connectivity index (χ1n) is 14.0. The predicted molar refractivity (Wildman–Crippen MR) is 148 cm³/mol.